The van der Waals surface area contributed by atoms with Gasteiger partial charge in [0.15, 0.2) is 0 Å². The van der Waals surface area contributed by atoms with E-state index in [4.69, 9.17) is 16.3 Å². The van der Waals surface area contributed by atoms with E-state index in [9.17, 15) is 4.79 Å². The quantitative estimate of drug-likeness (QED) is 0.715. The number of nitrogens with zero attached hydrogens (tertiary/aromatic N) is 2. The molecule has 1 aromatic rings. The van der Waals surface area contributed by atoms with Gasteiger partial charge in [-0.25, -0.2) is 4.79 Å². The number of hydrogen-bond donors (Lipinski definition) is 0. The summed E-state index contributed by atoms with van der Waals surface area (Å²) in [6.45, 7) is 7.52. The molecule has 0 unspecified atom stereocenters. The van der Waals surface area contributed by atoms with Gasteiger partial charge in [-0.1, -0.05) is 11.6 Å². The van der Waals surface area contributed by atoms with E-state index in [1.165, 1.54) is 0 Å². The Kier molecular flexibility index (Phi) is 3.08. The summed E-state index contributed by atoms with van der Waals surface area (Å²) in [6.07, 6.45) is -0.263. The van der Waals surface area contributed by atoms with Crippen molar-refractivity contribution in [2.24, 2.45) is 0 Å². The van der Waals surface area contributed by atoms with Gasteiger partial charge < -0.3 is 14.2 Å². The molecule has 0 radical (unpaired) electrons. The standard InChI is InChI=1S/C12H17ClN2O2/c1-12(2,3)17-11(16)14-6-7-15-9(8-14)4-5-10(15)13/h4-5H,6-8H2,1-3H3. The number of carbonyl (C=O) groups is 1. The van der Waals surface area contributed by atoms with Gasteiger partial charge in [-0.2, -0.15) is 0 Å². The van der Waals surface area contributed by atoms with Crippen molar-refractivity contribution in [1.29, 1.82) is 0 Å². The number of hydrogen-bond acceptors (Lipinski definition) is 2. The third kappa shape index (κ3) is 2.75. The zero-order valence-corrected chi connectivity index (χ0v) is 11.1. The van der Waals surface area contributed by atoms with Gasteiger partial charge in [-0.05, 0) is 32.9 Å². The minimum absolute atomic E-state index is 0.263. The first-order valence-corrected chi connectivity index (χ1v) is 6.06. The summed E-state index contributed by atoms with van der Waals surface area (Å²) in [4.78, 5) is 13.6. The predicted molar refractivity (Wildman–Crippen MR) is 66.1 cm³/mol. The van der Waals surface area contributed by atoms with Gasteiger partial charge in [0.1, 0.15) is 10.8 Å². The lowest BCUT2D eigenvalue weighted by Crippen LogP contribution is -2.41. The fraction of sp³-hybridized carbons (Fsp3) is 0.583. The number of aromatic nitrogens is 1. The monoisotopic (exact) mass is 256 g/mol. The van der Waals surface area contributed by atoms with E-state index in [1.54, 1.807) is 4.90 Å². The Hall–Kier alpha value is -1.16. The SMILES string of the molecule is CC(C)(C)OC(=O)N1CCn2c(Cl)ccc2C1. The second kappa shape index (κ2) is 4.26. The molecule has 0 fully saturated rings. The van der Waals surface area contributed by atoms with Crippen LogP contribution in [-0.2, 0) is 17.8 Å². The number of ether oxygens (including phenoxy) is 1. The maximum absolute atomic E-state index is 11.9. The summed E-state index contributed by atoms with van der Waals surface area (Å²) >= 11 is 6.02. The van der Waals surface area contributed by atoms with E-state index in [-0.39, 0.29) is 6.09 Å². The first-order valence-electron chi connectivity index (χ1n) is 5.69. The Labute approximate surface area is 106 Å². The van der Waals surface area contributed by atoms with Crippen LogP contribution in [0.2, 0.25) is 5.15 Å². The average Bonchev–Trinajstić information content (AvgIpc) is 2.57. The Bertz CT molecular complexity index is 434. The lowest BCUT2D eigenvalue weighted by molar-refractivity contribution is 0.0199. The molecule has 4 nitrogen and oxygen atoms in total. The predicted octanol–water partition coefficient (Wildman–Crippen LogP) is 2.89. The maximum atomic E-state index is 11.9. The van der Waals surface area contributed by atoms with Crippen molar-refractivity contribution >= 4 is 17.7 Å². The molecule has 1 aromatic heterocycles. The van der Waals surface area contributed by atoms with Crippen LogP contribution in [0.15, 0.2) is 12.1 Å². The molecular weight excluding hydrogens is 240 g/mol. The van der Waals surface area contributed by atoms with Crippen LogP contribution in [0.3, 0.4) is 0 Å². The molecule has 0 atom stereocenters. The van der Waals surface area contributed by atoms with Crippen LogP contribution < -0.4 is 0 Å². The molecule has 1 aliphatic rings. The van der Waals surface area contributed by atoms with Gasteiger partial charge in [-0.15, -0.1) is 0 Å². The number of carbonyl (C=O) groups excluding carboxylic acids is 1. The molecule has 0 aromatic carbocycles. The molecular formula is C12H17ClN2O2. The Balaban J connectivity index is 2.05. The van der Waals surface area contributed by atoms with Crippen LogP contribution in [0.4, 0.5) is 4.79 Å². The molecule has 0 bridgehead atoms. The van der Waals surface area contributed by atoms with Crippen LogP contribution in [0.1, 0.15) is 26.5 Å². The Morgan fingerprint density at radius 3 is 2.71 bits per heavy atom. The molecule has 0 saturated heterocycles. The first kappa shape index (κ1) is 12.3. The van der Waals surface area contributed by atoms with Crippen molar-refractivity contribution in [3.8, 4) is 0 Å². The molecule has 1 amide bonds. The van der Waals surface area contributed by atoms with E-state index in [0.717, 1.165) is 17.4 Å². The normalized spacial score (nSPS) is 15.6. The van der Waals surface area contributed by atoms with Crippen molar-refractivity contribution in [2.45, 2.75) is 39.5 Å². The second-order valence-corrected chi connectivity index (χ2v) is 5.59. The van der Waals surface area contributed by atoms with Crippen LogP contribution in [0.5, 0.6) is 0 Å². The number of halogens is 1. The Morgan fingerprint density at radius 1 is 1.35 bits per heavy atom. The molecule has 2 rings (SSSR count). The molecule has 0 aliphatic carbocycles. The zero-order valence-electron chi connectivity index (χ0n) is 10.4. The van der Waals surface area contributed by atoms with Gasteiger partial charge >= 0.3 is 6.09 Å². The summed E-state index contributed by atoms with van der Waals surface area (Å²) in [5.74, 6) is 0. The minimum Gasteiger partial charge on any atom is -0.444 e. The largest absolute Gasteiger partial charge is 0.444 e. The van der Waals surface area contributed by atoms with Crippen molar-refractivity contribution < 1.29 is 9.53 Å². The fourth-order valence-corrected chi connectivity index (χ4v) is 2.10. The van der Waals surface area contributed by atoms with E-state index in [1.807, 2.05) is 37.5 Å². The highest BCUT2D eigenvalue weighted by Crippen LogP contribution is 2.21. The summed E-state index contributed by atoms with van der Waals surface area (Å²) in [6, 6.07) is 3.80. The summed E-state index contributed by atoms with van der Waals surface area (Å²) in [5.41, 5.74) is 0.598. The molecule has 1 aliphatic heterocycles. The van der Waals surface area contributed by atoms with E-state index in [2.05, 4.69) is 0 Å². The first-order chi connectivity index (χ1) is 7.87. The zero-order chi connectivity index (χ0) is 12.6. The molecule has 94 valence electrons. The van der Waals surface area contributed by atoms with Crippen LogP contribution in [-0.4, -0.2) is 27.7 Å². The third-order valence-electron chi connectivity index (χ3n) is 2.62. The Morgan fingerprint density at radius 2 is 2.06 bits per heavy atom. The molecule has 2 heterocycles. The topological polar surface area (TPSA) is 34.5 Å². The van der Waals surface area contributed by atoms with Crippen molar-refractivity contribution in [3.05, 3.63) is 23.0 Å². The van der Waals surface area contributed by atoms with Gasteiger partial charge in [-0.3, -0.25) is 0 Å². The highest BCUT2D eigenvalue weighted by molar-refractivity contribution is 6.29. The molecule has 5 heteroatoms. The average molecular weight is 257 g/mol. The summed E-state index contributed by atoms with van der Waals surface area (Å²) in [5, 5.41) is 0.726. The number of rotatable bonds is 0. The highest BCUT2D eigenvalue weighted by Gasteiger charge is 2.26. The summed E-state index contributed by atoms with van der Waals surface area (Å²) in [7, 11) is 0. The number of fused-ring (bicyclic) bond motifs is 1. The van der Waals surface area contributed by atoms with Gasteiger partial charge in [0.25, 0.3) is 0 Å². The van der Waals surface area contributed by atoms with Crippen LogP contribution >= 0.6 is 11.6 Å². The van der Waals surface area contributed by atoms with Crippen molar-refractivity contribution in [3.63, 3.8) is 0 Å². The third-order valence-corrected chi connectivity index (χ3v) is 2.95. The van der Waals surface area contributed by atoms with Gasteiger partial charge in [0.2, 0.25) is 0 Å². The molecule has 0 spiro atoms. The van der Waals surface area contributed by atoms with E-state index < -0.39 is 5.60 Å². The van der Waals surface area contributed by atoms with Gasteiger partial charge in [0, 0.05) is 18.8 Å². The maximum Gasteiger partial charge on any atom is 0.410 e. The molecule has 0 saturated carbocycles. The van der Waals surface area contributed by atoms with Gasteiger partial charge in [0.05, 0.1) is 6.54 Å². The molecule has 17 heavy (non-hydrogen) atoms. The fourth-order valence-electron chi connectivity index (χ4n) is 1.85. The van der Waals surface area contributed by atoms with Crippen molar-refractivity contribution in [1.82, 2.24) is 9.47 Å². The molecule has 0 N–H and O–H groups in total. The lowest BCUT2D eigenvalue weighted by atomic mass is 10.2. The van der Waals surface area contributed by atoms with Crippen molar-refractivity contribution in [2.75, 3.05) is 6.54 Å². The van der Waals surface area contributed by atoms with Crippen LogP contribution in [0.25, 0.3) is 0 Å². The minimum atomic E-state index is -0.450. The van der Waals surface area contributed by atoms with E-state index >= 15 is 0 Å². The van der Waals surface area contributed by atoms with Crippen LogP contribution in [0, 0.1) is 0 Å². The summed E-state index contributed by atoms with van der Waals surface area (Å²) < 4.78 is 7.36. The second-order valence-electron chi connectivity index (χ2n) is 5.20. The highest BCUT2D eigenvalue weighted by atomic mass is 35.5. The van der Waals surface area contributed by atoms with E-state index in [0.29, 0.717) is 13.1 Å². The number of amides is 1. The smallest absolute Gasteiger partial charge is 0.410 e. The lowest BCUT2D eigenvalue weighted by Gasteiger charge is -2.31.